The number of methoxy groups -OCH3 is 2. The zero-order chi connectivity index (χ0) is 23.3. The molecule has 1 amide bonds. The molecule has 3 aromatic rings. The number of rotatable bonds is 8. The Bertz CT molecular complexity index is 1210. The Morgan fingerprint density at radius 1 is 0.938 bits per heavy atom. The fourth-order valence-electron chi connectivity index (χ4n) is 3.22. The Kier molecular flexibility index (Phi) is 7.05. The van der Waals surface area contributed by atoms with Crippen molar-refractivity contribution < 1.29 is 22.7 Å². The predicted molar refractivity (Wildman–Crippen MR) is 125 cm³/mol. The van der Waals surface area contributed by atoms with Gasteiger partial charge in [-0.15, -0.1) is 0 Å². The predicted octanol–water partition coefficient (Wildman–Crippen LogP) is 4.15. The summed E-state index contributed by atoms with van der Waals surface area (Å²) in [5, 5.41) is 2.82. The third-order valence-electron chi connectivity index (χ3n) is 5.15. The van der Waals surface area contributed by atoms with Crippen LogP contribution in [-0.2, 0) is 14.8 Å². The highest BCUT2D eigenvalue weighted by molar-refractivity contribution is 7.92. The van der Waals surface area contributed by atoms with E-state index in [0.29, 0.717) is 11.4 Å². The number of hydrogen-bond donors (Lipinski definition) is 1. The second-order valence-corrected chi connectivity index (χ2v) is 9.02. The van der Waals surface area contributed by atoms with Gasteiger partial charge in [-0.1, -0.05) is 30.3 Å². The molecule has 0 aliphatic heterocycles. The number of aryl methyl sites for hydroxylation is 1. The molecule has 0 aliphatic carbocycles. The first-order chi connectivity index (χ1) is 15.3. The molecule has 1 N–H and O–H groups in total. The first kappa shape index (κ1) is 23.1. The average Bonchev–Trinajstić information content (AvgIpc) is 2.80. The molecule has 0 aromatic heterocycles. The van der Waals surface area contributed by atoms with E-state index >= 15 is 0 Å². The second kappa shape index (κ2) is 9.74. The maximum Gasteiger partial charge on any atom is 0.264 e. The van der Waals surface area contributed by atoms with Crippen LogP contribution in [-0.4, -0.2) is 35.1 Å². The largest absolute Gasteiger partial charge is 0.497 e. The lowest BCUT2D eigenvalue weighted by Crippen LogP contribution is -2.38. The van der Waals surface area contributed by atoms with Crippen LogP contribution in [0.1, 0.15) is 11.1 Å². The van der Waals surface area contributed by atoms with Gasteiger partial charge in [-0.05, 0) is 55.3 Å². The van der Waals surface area contributed by atoms with Crippen molar-refractivity contribution in [2.24, 2.45) is 0 Å². The van der Waals surface area contributed by atoms with Gasteiger partial charge in [0.2, 0.25) is 5.91 Å². The lowest BCUT2D eigenvalue weighted by Gasteiger charge is -2.26. The molecule has 0 bridgehead atoms. The van der Waals surface area contributed by atoms with Crippen LogP contribution in [0.15, 0.2) is 71.6 Å². The minimum absolute atomic E-state index is 0.0670. The second-order valence-electron chi connectivity index (χ2n) is 7.16. The van der Waals surface area contributed by atoms with Crippen LogP contribution in [0, 0.1) is 13.8 Å². The number of sulfonamides is 1. The van der Waals surface area contributed by atoms with Gasteiger partial charge in [-0.2, -0.15) is 0 Å². The minimum Gasteiger partial charge on any atom is -0.497 e. The maximum atomic E-state index is 13.5. The highest BCUT2D eigenvalue weighted by atomic mass is 32.2. The van der Waals surface area contributed by atoms with Gasteiger partial charge in [0, 0.05) is 11.8 Å². The van der Waals surface area contributed by atoms with Crippen molar-refractivity contribution >= 4 is 27.3 Å². The van der Waals surface area contributed by atoms with E-state index in [1.54, 1.807) is 42.5 Å². The summed E-state index contributed by atoms with van der Waals surface area (Å²) in [5.41, 5.74) is 2.80. The number of benzene rings is 3. The molecule has 0 aliphatic rings. The molecule has 0 unspecified atom stereocenters. The van der Waals surface area contributed by atoms with E-state index in [9.17, 15) is 13.2 Å². The van der Waals surface area contributed by atoms with E-state index in [4.69, 9.17) is 9.47 Å². The van der Waals surface area contributed by atoms with Crippen LogP contribution in [0.25, 0.3) is 0 Å². The molecule has 8 heteroatoms. The highest BCUT2D eigenvalue weighted by Gasteiger charge is 2.29. The van der Waals surface area contributed by atoms with Crippen LogP contribution in [0.2, 0.25) is 0 Å². The monoisotopic (exact) mass is 454 g/mol. The molecule has 3 rings (SSSR count). The van der Waals surface area contributed by atoms with Crippen molar-refractivity contribution in [1.82, 2.24) is 0 Å². The van der Waals surface area contributed by atoms with Gasteiger partial charge in [0.15, 0.2) is 0 Å². The molecule has 7 nitrogen and oxygen atoms in total. The van der Waals surface area contributed by atoms with Crippen molar-refractivity contribution in [3.8, 4) is 11.5 Å². The van der Waals surface area contributed by atoms with Gasteiger partial charge in [-0.25, -0.2) is 8.42 Å². The normalized spacial score (nSPS) is 11.0. The Hall–Kier alpha value is -3.52. The van der Waals surface area contributed by atoms with Crippen LogP contribution < -0.4 is 19.1 Å². The Morgan fingerprint density at radius 2 is 1.66 bits per heavy atom. The number of carbonyl (C=O) groups is 1. The molecule has 0 spiro atoms. The van der Waals surface area contributed by atoms with E-state index in [2.05, 4.69) is 5.32 Å². The SMILES string of the molecule is COc1ccc(N(CC(=O)Nc2cccc(C)c2C)S(=O)(=O)c2ccccc2)c(OC)c1. The standard InChI is InChI=1S/C24H26N2O5S/c1-17-9-8-12-21(18(17)2)25-24(27)16-26(32(28,29)20-10-6-5-7-11-20)22-14-13-19(30-3)15-23(22)31-4/h5-15H,16H2,1-4H3,(H,25,27). The molecule has 0 atom stereocenters. The number of amides is 1. The number of nitrogens with one attached hydrogen (secondary N) is 1. The molecular formula is C24H26N2O5S. The minimum atomic E-state index is -4.06. The molecule has 0 saturated heterocycles. The maximum absolute atomic E-state index is 13.5. The lowest BCUT2D eigenvalue weighted by atomic mass is 10.1. The Balaban J connectivity index is 2.03. The summed E-state index contributed by atoms with van der Waals surface area (Å²) in [6.45, 7) is 3.41. The summed E-state index contributed by atoms with van der Waals surface area (Å²) in [6, 6.07) is 18.3. The van der Waals surface area contributed by atoms with Crippen LogP contribution >= 0.6 is 0 Å². The zero-order valence-corrected chi connectivity index (χ0v) is 19.3. The molecule has 0 fully saturated rings. The quantitative estimate of drug-likeness (QED) is 0.553. The van der Waals surface area contributed by atoms with Gasteiger partial charge in [0.1, 0.15) is 18.0 Å². The van der Waals surface area contributed by atoms with Crippen molar-refractivity contribution in [2.45, 2.75) is 18.7 Å². The number of nitrogens with zero attached hydrogens (tertiary/aromatic N) is 1. The Morgan fingerprint density at radius 3 is 2.31 bits per heavy atom. The van der Waals surface area contributed by atoms with Gasteiger partial charge < -0.3 is 14.8 Å². The zero-order valence-electron chi connectivity index (χ0n) is 18.5. The van der Waals surface area contributed by atoms with E-state index in [1.165, 1.54) is 26.4 Å². The lowest BCUT2D eigenvalue weighted by molar-refractivity contribution is -0.114. The number of hydrogen-bond acceptors (Lipinski definition) is 5. The highest BCUT2D eigenvalue weighted by Crippen LogP contribution is 2.35. The number of carbonyl (C=O) groups excluding carboxylic acids is 1. The average molecular weight is 455 g/mol. The molecular weight excluding hydrogens is 428 g/mol. The molecule has 0 radical (unpaired) electrons. The first-order valence-electron chi connectivity index (χ1n) is 9.94. The molecule has 0 heterocycles. The summed E-state index contributed by atoms with van der Waals surface area (Å²) in [6.07, 6.45) is 0. The van der Waals surface area contributed by atoms with Crippen molar-refractivity contribution in [2.75, 3.05) is 30.4 Å². The van der Waals surface area contributed by atoms with Crippen LogP contribution in [0.5, 0.6) is 11.5 Å². The summed E-state index contributed by atoms with van der Waals surface area (Å²) in [5.74, 6) is 0.293. The first-order valence-corrected chi connectivity index (χ1v) is 11.4. The van der Waals surface area contributed by atoms with Crippen LogP contribution in [0.4, 0.5) is 11.4 Å². The van der Waals surface area contributed by atoms with E-state index in [1.807, 2.05) is 26.0 Å². The summed E-state index contributed by atoms with van der Waals surface area (Å²) < 4.78 is 38.7. The van der Waals surface area contributed by atoms with Crippen molar-refractivity contribution in [3.05, 3.63) is 77.9 Å². The molecule has 168 valence electrons. The third kappa shape index (κ3) is 4.86. The smallest absolute Gasteiger partial charge is 0.264 e. The molecule has 32 heavy (non-hydrogen) atoms. The summed E-state index contributed by atoms with van der Waals surface area (Å²) >= 11 is 0. The van der Waals surface area contributed by atoms with Gasteiger partial charge in [-0.3, -0.25) is 9.10 Å². The van der Waals surface area contributed by atoms with Crippen molar-refractivity contribution in [1.29, 1.82) is 0 Å². The van der Waals surface area contributed by atoms with E-state index in [-0.39, 0.29) is 16.3 Å². The van der Waals surface area contributed by atoms with Crippen LogP contribution in [0.3, 0.4) is 0 Å². The van der Waals surface area contributed by atoms with Gasteiger partial charge in [0.25, 0.3) is 10.0 Å². The van der Waals surface area contributed by atoms with Gasteiger partial charge in [0.05, 0.1) is 24.8 Å². The molecule has 3 aromatic carbocycles. The summed E-state index contributed by atoms with van der Waals surface area (Å²) in [7, 11) is -1.12. The van der Waals surface area contributed by atoms with Crippen molar-refractivity contribution in [3.63, 3.8) is 0 Å². The van der Waals surface area contributed by atoms with E-state index in [0.717, 1.165) is 15.4 Å². The van der Waals surface area contributed by atoms with E-state index < -0.39 is 22.5 Å². The fourth-order valence-corrected chi connectivity index (χ4v) is 4.67. The number of anilines is 2. The topological polar surface area (TPSA) is 84.9 Å². The van der Waals surface area contributed by atoms with Gasteiger partial charge >= 0.3 is 0 Å². The summed E-state index contributed by atoms with van der Waals surface area (Å²) in [4.78, 5) is 13.0. The fraction of sp³-hybridized carbons (Fsp3) is 0.208. The molecule has 0 saturated carbocycles. The third-order valence-corrected chi connectivity index (χ3v) is 6.93. The Labute approximate surface area is 188 Å². The number of ether oxygens (including phenoxy) is 2.